The maximum atomic E-state index is 13.0. The minimum absolute atomic E-state index is 0.0285. The molecular weight excluding hydrogens is 450 g/mol. The third-order valence-electron chi connectivity index (χ3n) is 5.08. The van der Waals surface area contributed by atoms with Gasteiger partial charge in [0.25, 0.3) is 0 Å². The van der Waals surface area contributed by atoms with Crippen molar-refractivity contribution in [2.24, 2.45) is 16.5 Å². The fourth-order valence-corrected chi connectivity index (χ4v) is 3.48. The molecule has 0 fully saturated rings. The van der Waals surface area contributed by atoms with Gasteiger partial charge in [-0.05, 0) is 30.5 Å². The van der Waals surface area contributed by atoms with Crippen molar-refractivity contribution in [3.05, 3.63) is 23.8 Å². The number of hydrogen-bond acceptors (Lipinski definition) is 9. The van der Waals surface area contributed by atoms with Gasteiger partial charge < -0.3 is 30.8 Å². The molecule has 1 aliphatic rings. The number of aliphatic imine (C=N–C) groups is 1. The number of carbonyl (C=O) groups excluding carboxylic acids is 3. The van der Waals surface area contributed by atoms with E-state index in [2.05, 4.69) is 15.0 Å². The number of esters is 1. The average Bonchev–Trinajstić information content (AvgIpc) is 3.25. The summed E-state index contributed by atoms with van der Waals surface area (Å²) in [5, 5.41) is 13.1. The number of nitrogens with one attached hydrogen (secondary N) is 1. The lowest BCUT2D eigenvalue weighted by Gasteiger charge is -2.39. The van der Waals surface area contributed by atoms with Crippen LogP contribution in [0.5, 0.6) is 11.5 Å². The van der Waals surface area contributed by atoms with E-state index in [1.807, 2.05) is 0 Å². The predicted molar refractivity (Wildman–Crippen MR) is 118 cm³/mol. The molecule has 6 N–H and O–H groups in total. The number of nitrogens with zero attached hydrogens (tertiary/aromatic N) is 2. The second-order valence-corrected chi connectivity index (χ2v) is 7.44. The number of benzene rings is 1. The fraction of sp³-hybridized carbons (Fsp3) is 0.476. The normalized spacial score (nSPS) is 13.5. The van der Waals surface area contributed by atoms with Gasteiger partial charge in [-0.1, -0.05) is 6.07 Å². The van der Waals surface area contributed by atoms with E-state index in [9.17, 15) is 24.3 Å². The smallest absolute Gasteiger partial charge is 0.345 e. The van der Waals surface area contributed by atoms with Gasteiger partial charge >= 0.3 is 11.9 Å². The van der Waals surface area contributed by atoms with Gasteiger partial charge in [-0.3, -0.25) is 29.6 Å². The molecule has 0 saturated heterocycles. The quantitative estimate of drug-likeness (QED) is 0.101. The van der Waals surface area contributed by atoms with Crippen LogP contribution >= 0.6 is 0 Å². The van der Waals surface area contributed by atoms with Crippen molar-refractivity contribution < 1.29 is 38.5 Å². The zero-order chi connectivity index (χ0) is 25.3. The number of guanidine groups is 1. The second-order valence-electron chi connectivity index (χ2n) is 7.44. The summed E-state index contributed by atoms with van der Waals surface area (Å²) < 4.78 is 15.1. The third kappa shape index (κ3) is 6.57. The third-order valence-corrected chi connectivity index (χ3v) is 5.08. The first-order chi connectivity index (χ1) is 16.1. The van der Waals surface area contributed by atoms with E-state index < -0.39 is 35.8 Å². The van der Waals surface area contributed by atoms with Crippen molar-refractivity contribution in [1.29, 1.82) is 0 Å². The lowest BCUT2D eigenvalue weighted by Crippen LogP contribution is -2.67. The zero-order valence-corrected chi connectivity index (χ0v) is 19.0. The molecule has 2 amide bonds. The molecule has 0 radical (unpaired) electrons. The number of amides is 2. The summed E-state index contributed by atoms with van der Waals surface area (Å²) in [6, 6.07) is 5.03. The molecular formula is C21H29N5O8. The summed E-state index contributed by atoms with van der Waals surface area (Å²) in [5.41, 5.74) is 9.16. The first kappa shape index (κ1) is 26.4. The van der Waals surface area contributed by atoms with E-state index in [0.29, 0.717) is 22.0 Å². The predicted octanol–water partition coefficient (Wildman–Crippen LogP) is -0.332. The van der Waals surface area contributed by atoms with Gasteiger partial charge in [-0.25, -0.2) is 4.79 Å². The van der Waals surface area contributed by atoms with Gasteiger partial charge in [0.15, 0.2) is 23.1 Å². The molecule has 0 aliphatic carbocycles. The topological polar surface area (TPSA) is 196 Å². The highest BCUT2D eigenvalue weighted by molar-refractivity contribution is 6.00. The van der Waals surface area contributed by atoms with Crippen molar-refractivity contribution in [1.82, 2.24) is 10.2 Å². The number of nitrogens with two attached hydrogens (primary N) is 2. The Balaban J connectivity index is 2.35. The molecule has 1 aromatic rings. The van der Waals surface area contributed by atoms with Crippen LogP contribution in [0.3, 0.4) is 0 Å². The van der Waals surface area contributed by atoms with Gasteiger partial charge in [0.1, 0.15) is 0 Å². The molecule has 0 spiro atoms. The van der Waals surface area contributed by atoms with Crippen LogP contribution in [0, 0.1) is 0 Å². The van der Waals surface area contributed by atoms with Crippen LogP contribution in [0.25, 0.3) is 0 Å². The van der Waals surface area contributed by atoms with Crippen LogP contribution in [0.2, 0.25) is 0 Å². The number of carboxylic acids is 1. The summed E-state index contributed by atoms with van der Waals surface area (Å²) in [4.78, 5) is 54.0. The number of aliphatic carboxylic acids is 1. The van der Waals surface area contributed by atoms with Crippen molar-refractivity contribution >= 4 is 29.7 Å². The standard InChI is InChI=1S/C21H29N5O8/c1-13(27)26(17(28)6-7-18(29)32-2)21(19(30)31,8-3-9-24-20(22)23)25-11-14-4-5-15-16(10-14)34-12-33-15/h4-5,10,25H,3,6-9,11-12H2,1-2H3,(H,30,31)(H4,22,23,24)/t21-/m0/s1. The molecule has 1 aromatic carbocycles. The fourth-order valence-electron chi connectivity index (χ4n) is 3.48. The van der Waals surface area contributed by atoms with Crippen LogP contribution in [0.1, 0.15) is 38.2 Å². The molecule has 13 nitrogen and oxygen atoms in total. The lowest BCUT2D eigenvalue weighted by atomic mass is 9.99. The number of methoxy groups -OCH3 is 1. The van der Waals surface area contributed by atoms with Gasteiger partial charge in [0.05, 0.1) is 13.5 Å². The van der Waals surface area contributed by atoms with Gasteiger partial charge in [0.2, 0.25) is 18.6 Å². The molecule has 34 heavy (non-hydrogen) atoms. The number of imide groups is 1. The summed E-state index contributed by atoms with van der Waals surface area (Å²) >= 11 is 0. The Hall–Kier alpha value is -3.87. The van der Waals surface area contributed by atoms with E-state index in [1.165, 1.54) is 0 Å². The Labute approximate surface area is 196 Å². The summed E-state index contributed by atoms with van der Waals surface area (Å²) in [5.74, 6) is -2.91. The lowest BCUT2D eigenvalue weighted by molar-refractivity contribution is -0.170. The van der Waals surface area contributed by atoms with E-state index in [1.54, 1.807) is 18.2 Å². The average molecular weight is 479 g/mol. The van der Waals surface area contributed by atoms with Crippen LogP contribution < -0.4 is 26.3 Å². The summed E-state index contributed by atoms with van der Waals surface area (Å²) in [6.07, 6.45) is -0.800. The minimum Gasteiger partial charge on any atom is -0.478 e. The molecule has 0 saturated carbocycles. The van der Waals surface area contributed by atoms with Gasteiger partial charge in [0, 0.05) is 26.4 Å². The van der Waals surface area contributed by atoms with Crippen LogP contribution in [-0.4, -0.2) is 65.8 Å². The van der Waals surface area contributed by atoms with Crippen LogP contribution in [0.4, 0.5) is 0 Å². The summed E-state index contributed by atoms with van der Waals surface area (Å²) in [7, 11) is 1.16. The van der Waals surface area contributed by atoms with E-state index >= 15 is 0 Å². The van der Waals surface area contributed by atoms with Crippen molar-refractivity contribution in [2.45, 2.75) is 44.8 Å². The molecule has 1 aliphatic heterocycles. The molecule has 0 unspecified atom stereocenters. The van der Waals surface area contributed by atoms with E-state index in [4.69, 9.17) is 20.9 Å². The van der Waals surface area contributed by atoms with Crippen molar-refractivity contribution in [3.63, 3.8) is 0 Å². The number of rotatable bonds is 12. The highest BCUT2D eigenvalue weighted by Gasteiger charge is 2.48. The minimum atomic E-state index is -2.13. The number of fused-ring (bicyclic) bond motifs is 1. The molecule has 1 heterocycles. The molecule has 1 atom stereocenters. The van der Waals surface area contributed by atoms with E-state index in [-0.39, 0.29) is 45.1 Å². The number of carbonyl (C=O) groups is 4. The Morgan fingerprint density at radius 2 is 1.91 bits per heavy atom. The SMILES string of the molecule is COC(=O)CCC(=O)N(C(C)=O)[C@](CCCN=C(N)N)(NCc1ccc2c(c1)OCO2)C(=O)O. The number of carboxylic acid groups (broad SMARTS) is 1. The Kier molecular flexibility index (Phi) is 9.18. The molecule has 186 valence electrons. The second kappa shape index (κ2) is 11.8. The Morgan fingerprint density at radius 1 is 1.21 bits per heavy atom. The largest absolute Gasteiger partial charge is 0.478 e. The molecule has 2 rings (SSSR count). The zero-order valence-electron chi connectivity index (χ0n) is 19.0. The molecule has 0 aromatic heterocycles. The Bertz CT molecular complexity index is 962. The highest BCUT2D eigenvalue weighted by atomic mass is 16.7. The van der Waals surface area contributed by atoms with Crippen molar-refractivity contribution in [3.8, 4) is 11.5 Å². The van der Waals surface area contributed by atoms with Gasteiger partial charge in [-0.2, -0.15) is 0 Å². The van der Waals surface area contributed by atoms with Gasteiger partial charge in [-0.15, -0.1) is 0 Å². The van der Waals surface area contributed by atoms with Crippen molar-refractivity contribution in [2.75, 3.05) is 20.4 Å². The summed E-state index contributed by atoms with van der Waals surface area (Å²) in [6.45, 7) is 1.19. The van der Waals surface area contributed by atoms with Crippen LogP contribution in [0.15, 0.2) is 23.2 Å². The number of ether oxygens (including phenoxy) is 3. The molecule has 13 heteroatoms. The first-order valence-electron chi connectivity index (χ1n) is 10.4. The number of hydrogen-bond donors (Lipinski definition) is 4. The highest BCUT2D eigenvalue weighted by Crippen LogP contribution is 2.33. The Morgan fingerprint density at radius 3 is 2.53 bits per heavy atom. The maximum absolute atomic E-state index is 13.0. The monoisotopic (exact) mass is 479 g/mol. The first-order valence-corrected chi connectivity index (χ1v) is 10.4. The van der Waals surface area contributed by atoms with Crippen LogP contribution in [-0.2, 0) is 30.5 Å². The maximum Gasteiger partial charge on any atom is 0.345 e. The van der Waals surface area contributed by atoms with E-state index in [0.717, 1.165) is 14.0 Å². The molecule has 0 bridgehead atoms.